The highest BCUT2D eigenvalue weighted by molar-refractivity contribution is 7.89. The van der Waals surface area contributed by atoms with Gasteiger partial charge in [0, 0.05) is 6.04 Å². The lowest BCUT2D eigenvalue weighted by atomic mass is 10.0. The van der Waals surface area contributed by atoms with E-state index in [-0.39, 0.29) is 22.8 Å². The number of sulfonamides is 1. The summed E-state index contributed by atoms with van der Waals surface area (Å²) < 4.78 is 31.0. The molecule has 2 atom stereocenters. The first kappa shape index (κ1) is 14.5. The van der Waals surface area contributed by atoms with E-state index in [4.69, 9.17) is 21.1 Å². The fraction of sp³-hybridized carbons (Fsp3) is 0.600. The molecule has 0 fully saturated rings. The fourth-order valence-corrected chi connectivity index (χ4v) is 2.78. The lowest BCUT2D eigenvalue weighted by Crippen LogP contribution is -2.41. The molecule has 1 aromatic heterocycles. The minimum Gasteiger partial charge on any atom is -0.432 e. The highest BCUT2D eigenvalue weighted by Gasteiger charge is 2.25. The van der Waals surface area contributed by atoms with E-state index >= 15 is 0 Å². The number of halogens is 1. The summed E-state index contributed by atoms with van der Waals surface area (Å²) in [5.74, 6) is 0.0280. The number of hydrogen-bond donors (Lipinski definition) is 2. The molecule has 0 radical (unpaired) electrons. The van der Waals surface area contributed by atoms with Crippen LogP contribution < -0.4 is 4.72 Å². The minimum atomic E-state index is -3.77. The van der Waals surface area contributed by atoms with Crippen LogP contribution in [0.15, 0.2) is 21.6 Å². The van der Waals surface area contributed by atoms with E-state index in [0.29, 0.717) is 0 Å². The zero-order valence-corrected chi connectivity index (χ0v) is 11.3. The van der Waals surface area contributed by atoms with E-state index in [1.807, 2.05) is 13.8 Å². The Morgan fingerprint density at radius 2 is 2.18 bits per heavy atom. The van der Waals surface area contributed by atoms with Crippen molar-refractivity contribution in [1.29, 1.82) is 0 Å². The standard InChI is InChI=1S/C10H16ClNO4S/c1-3-7(2)8(6-13)12-17(14,15)10-5-4-9(11)16-10/h4-5,7-8,12-13H,3,6H2,1-2H3/t7-,8?/m0/s1. The molecule has 0 saturated carbocycles. The van der Waals surface area contributed by atoms with E-state index in [2.05, 4.69) is 4.72 Å². The van der Waals surface area contributed by atoms with E-state index in [9.17, 15) is 8.42 Å². The molecule has 17 heavy (non-hydrogen) atoms. The van der Waals surface area contributed by atoms with Gasteiger partial charge in [-0.2, -0.15) is 0 Å². The molecule has 7 heteroatoms. The van der Waals surface area contributed by atoms with Crippen LogP contribution in [0, 0.1) is 5.92 Å². The smallest absolute Gasteiger partial charge is 0.274 e. The molecule has 0 bridgehead atoms. The van der Waals surface area contributed by atoms with Crippen LogP contribution in [0.1, 0.15) is 20.3 Å². The zero-order valence-electron chi connectivity index (χ0n) is 9.68. The second-order valence-corrected chi connectivity index (χ2v) is 5.87. The van der Waals surface area contributed by atoms with Crippen molar-refractivity contribution in [2.75, 3.05) is 6.61 Å². The summed E-state index contributed by atoms with van der Waals surface area (Å²) in [6.07, 6.45) is 0.757. The summed E-state index contributed by atoms with van der Waals surface area (Å²) in [7, 11) is -3.77. The SMILES string of the molecule is CC[C@H](C)C(CO)NS(=O)(=O)c1ccc(Cl)o1. The van der Waals surface area contributed by atoms with Crippen molar-refractivity contribution < 1.29 is 17.9 Å². The van der Waals surface area contributed by atoms with Gasteiger partial charge in [0.15, 0.2) is 5.22 Å². The van der Waals surface area contributed by atoms with Gasteiger partial charge in [0.1, 0.15) is 0 Å². The summed E-state index contributed by atoms with van der Waals surface area (Å²) in [5.41, 5.74) is 0. The molecule has 0 aromatic carbocycles. The van der Waals surface area contributed by atoms with Crippen LogP contribution in [0.4, 0.5) is 0 Å². The van der Waals surface area contributed by atoms with Gasteiger partial charge in [-0.25, -0.2) is 13.1 Å². The third kappa shape index (κ3) is 3.70. The normalized spacial score (nSPS) is 15.8. The number of aliphatic hydroxyl groups is 1. The minimum absolute atomic E-state index is 0.00876. The van der Waals surface area contributed by atoms with Crippen molar-refractivity contribution in [3.8, 4) is 0 Å². The lowest BCUT2D eigenvalue weighted by Gasteiger charge is -2.21. The van der Waals surface area contributed by atoms with Gasteiger partial charge in [0.25, 0.3) is 10.0 Å². The Kier molecular flexibility index (Phi) is 5.00. The molecule has 1 rings (SSSR count). The summed E-state index contributed by atoms with van der Waals surface area (Å²) >= 11 is 5.52. The van der Waals surface area contributed by atoms with Crippen LogP contribution >= 0.6 is 11.6 Å². The lowest BCUT2D eigenvalue weighted by molar-refractivity contribution is 0.218. The molecule has 0 spiro atoms. The first-order valence-electron chi connectivity index (χ1n) is 5.29. The molecule has 0 aliphatic carbocycles. The van der Waals surface area contributed by atoms with Crippen molar-refractivity contribution in [2.45, 2.75) is 31.4 Å². The fourth-order valence-electron chi connectivity index (χ4n) is 1.32. The largest absolute Gasteiger partial charge is 0.432 e. The molecule has 0 amide bonds. The molecular weight excluding hydrogens is 266 g/mol. The van der Waals surface area contributed by atoms with Crippen LogP contribution in [-0.2, 0) is 10.0 Å². The quantitative estimate of drug-likeness (QED) is 0.830. The molecule has 0 saturated heterocycles. The molecule has 1 aromatic rings. The molecule has 98 valence electrons. The third-order valence-electron chi connectivity index (χ3n) is 2.65. The number of hydrogen-bond acceptors (Lipinski definition) is 4. The van der Waals surface area contributed by atoms with Crippen LogP contribution in [0.2, 0.25) is 5.22 Å². The number of aliphatic hydroxyl groups excluding tert-OH is 1. The topological polar surface area (TPSA) is 79.5 Å². The molecule has 5 nitrogen and oxygen atoms in total. The van der Waals surface area contributed by atoms with Crippen LogP contribution in [0.25, 0.3) is 0 Å². The summed E-state index contributed by atoms with van der Waals surface area (Å²) in [4.78, 5) is 0. The second kappa shape index (κ2) is 5.86. The van der Waals surface area contributed by atoms with Gasteiger partial charge in [0.2, 0.25) is 5.09 Å². The number of nitrogens with one attached hydrogen (secondary N) is 1. The van der Waals surface area contributed by atoms with Crippen molar-refractivity contribution >= 4 is 21.6 Å². The monoisotopic (exact) mass is 281 g/mol. The average Bonchev–Trinajstić information content (AvgIpc) is 2.72. The Hall–Kier alpha value is -0.560. The van der Waals surface area contributed by atoms with Crippen LogP contribution in [0.3, 0.4) is 0 Å². The van der Waals surface area contributed by atoms with Crippen molar-refractivity contribution in [2.24, 2.45) is 5.92 Å². The summed E-state index contributed by atoms with van der Waals surface area (Å²) in [6.45, 7) is 3.52. The average molecular weight is 282 g/mol. The van der Waals surface area contributed by atoms with Crippen LogP contribution in [0.5, 0.6) is 0 Å². The van der Waals surface area contributed by atoms with E-state index in [1.165, 1.54) is 12.1 Å². The van der Waals surface area contributed by atoms with Gasteiger partial charge in [-0.05, 0) is 29.7 Å². The van der Waals surface area contributed by atoms with Crippen molar-refractivity contribution in [3.63, 3.8) is 0 Å². The Morgan fingerprint density at radius 1 is 1.53 bits per heavy atom. The first-order chi connectivity index (χ1) is 7.90. The molecule has 0 aliphatic heterocycles. The Morgan fingerprint density at radius 3 is 2.59 bits per heavy atom. The predicted molar refractivity (Wildman–Crippen MR) is 64.4 cm³/mol. The zero-order chi connectivity index (χ0) is 13.1. The van der Waals surface area contributed by atoms with Gasteiger partial charge >= 0.3 is 0 Å². The highest BCUT2D eigenvalue weighted by Crippen LogP contribution is 2.19. The number of rotatable bonds is 6. The molecular formula is C10H16ClNO4S. The molecule has 1 unspecified atom stereocenters. The molecule has 2 N–H and O–H groups in total. The van der Waals surface area contributed by atoms with E-state index in [0.717, 1.165) is 6.42 Å². The Balaban J connectivity index is 2.85. The van der Waals surface area contributed by atoms with Gasteiger partial charge in [-0.1, -0.05) is 20.3 Å². The van der Waals surface area contributed by atoms with Crippen LogP contribution in [-0.4, -0.2) is 26.2 Å². The Labute approximate surface area is 106 Å². The second-order valence-electron chi connectivity index (χ2n) is 3.85. The van der Waals surface area contributed by atoms with Gasteiger partial charge in [-0.15, -0.1) is 0 Å². The summed E-state index contributed by atoms with van der Waals surface area (Å²) in [6, 6.07) is 2.09. The number of furan rings is 1. The van der Waals surface area contributed by atoms with Gasteiger partial charge < -0.3 is 9.52 Å². The maximum atomic E-state index is 11.9. The van der Waals surface area contributed by atoms with Gasteiger partial charge in [0.05, 0.1) is 6.61 Å². The van der Waals surface area contributed by atoms with E-state index in [1.54, 1.807) is 0 Å². The first-order valence-corrected chi connectivity index (χ1v) is 7.15. The predicted octanol–water partition coefficient (Wildman–Crippen LogP) is 1.62. The third-order valence-corrected chi connectivity index (χ3v) is 4.21. The van der Waals surface area contributed by atoms with E-state index < -0.39 is 16.1 Å². The van der Waals surface area contributed by atoms with Crippen molar-refractivity contribution in [1.82, 2.24) is 4.72 Å². The van der Waals surface area contributed by atoms with Crippen molar-refractivity contribution in [3.05, 3.63) is 17.4 Å². The maximum absolute atomic E-state index is 11.9. The maximum Gasteiger partial charge on any atom is 0.274 e. The molecule has 0 aliphatic rings. The van der Waals surface area contributed by atoms with Gasteiger partial charge in [-0.3, -0.25) is 0 Å². The molecule has 1 heterocycles. The highest BCUT2D eigenvalue weighted by atomic mass is 35.5. The Bertz CT molecular complexity index is 457. The summed E-state index contributed by atoms with van der Waals surface area (Å²) in [5, 5.41) is 8.92.